The Kier molecular flexibility index (Phi) is 4.09. The summed E-state index contributed by atoms with van der Waals surface area (Å²) in [6, 6.07) is 0. The minimum atomic E-state index is -0.386. The van der Waals surface area contributed by atoms with Crippen molar-refractivity contribution in [3.05, 3.63) is 23.8 Å². The van der Waals surface area contributed by atoms with Gasteiger partial charge in [0.15, 0.2) is 5.78 Å². The predicted molar refractivity (Wildman–Crippen MR) is 114 cm³/mol. The van der Waals surface area contributed by atoms with E-state index in [-0.39, 0.29) is 57.7 Å². The van der Waals surface area contributed by atoms with Crippen LogP contribution in [-0.4, -0.2) is 42.1 Å². The summed E-state index contributed by atoms with van der Waals surface area (Å²) >= 11 is 0. The normalized spacial score (nSPS) is 50.9. The number of esters is 2. The number of fused-ring (bicyclic) bond motifs is 4. The van der Waals surface area contributed by atoms with Crippen LogP contribution in [0.25, 0.3) is 0 Å². The van der Waals surface area contributed by atoms with E-state index in [1.807, 2.05) is 12.2 Å². The van der Waals surface area contributed by atoms with Gasteiger partial charge in [0.25, 0.3) is 0 Å². The first kappa shape index (κ1) is 20.6. The van der Waals surface area contributed by atoms with Gasteiger partial charge in [-0.2, -0.15) is 0 Å². The highest BCUT2D eigenvalue weighted by atomic mass is 16.6. The lowest BCUT2D eigenvalue weighted by Gasteiger charge is -2.58. The van der Waals surface area contributed by atoms with E-state index in [0.717, 1.165) is 38.5 Å². The average molecular weight is 441 g/mol. The molecule has 3 saturated carbocycles. The molecule has 0 aromatic carbocycles. The van der Waals surface area contributed by atoms with Crippen LogP contribution >= 0.6 is 0 Å². The van der Waals surface area contributed by atoms with Crippen LogP contribution in [0, 0.1) is 28.6 Å². The SMILES string of the molecule is COC(=O)/C=C/C1CC2=CC(=O)CC[C@]2(C)C23O[C@H]2C[C@@]2(C)C(CC[C@@]24CCC(=O)O4)C13. The van der Waals surface area contributed by atoms with Gasteiger partial charge in [-0.1, -0.05) is 25.5 Å². The lowest BCUT2D eigenvalue weighted by Crippen LogP contribution is -2.62. The second-order valence-electron chi connectivity index (χ2n) is 11.4. The summed E-state index contributed by atoms with van der Waals surface area (Å²) in [6.45, 7) is 4.61. The summed E-state index contributed by atoms with van der Waals surface area (Å²) in [5.74, 6) is 0.408. The summed E-state index contributed by atoms with van der Waals surface area (Å²) in [7, 11) is 1.39. The Labute approximate surface area is 188 Å². The second-order valence-corrected chi connectivity index (χ2v) is 11.4. The van der Waals surface area contributed by atoms with Crippen molar-refractivity contribution in [2.45, 2.75) is 82.5 Å². The topological polar surface area (TPSA) is 82.2 Å². The fourth-order valence-electron chi connectivity index (χ4n) is 8.82. The molecule has 2 aliphatic heterocycles. The molecule has 4 unspecified atom stereocenters. The van der Waals surface area contributed by atoms with E-state index < -0.39 is 0 Å². The number of hydrogen-bond acceptors (Lipinski definition) is 6. The third kappa shape index (κ3) is 2.32. The van der Waals surface area contributed by atoms with E-state index in [1.54, 1.807) is 0 Å². The van der Waals surface area contributed by atoms with Gasteiger partial charge in [0.2, 0.25) is 0 Å². The molecule has 0 radical (unpaired) electrons. The summed E-state index contributed by atoms with van der Waals surface area (Å²) in [5, 5.41) is 0. The van der Waals surface area contributed by atoms with Crippen LogP contribution in [-0.2, 0) is 28.6 Å². The quantitative estimate of drug-likeness (QED) is 0.370. The van der Waals surface area contributed by atoms with Crippen LogP contribution in [0.2, 0.25) is 0 Å². The molecule has 4 aliphatic carbocycles. The average Bonchev–Trinajstić information content (AvgIpc) is 3.24. The molecule has 0 amide bonds. The summed E-state index contributed by atoms with van der Waals surface area (Å²) in [4.78, 5) is 36.5. The zero-order valence-electron chi connectivity index (χ0n) is 19.1. The molecular weight excluding hydrogens is 408 g/mol. The van der Waals surface area contributed by atoms with Crippen molar-refractivity contribution in [1.82, 2.24) is 0 Å². The Bertz CT molecular complexity index is 981. The van der Waals surface area contributed by atoms with Gasteiger partial charge in [-0.25, -0.2) is 4.79 Å². The van der Waals surface area contributed by atoms with E-state index in [0.29, 0.717) is 18.8 Å². The maximum Gasteiger partial charge on any atom is 0.330 e. The molecule has 2 saturated heterocycles. The standard InChI is InChI=1S/C26H32O6/c1-23-9-6-17(27)13-16(23)12-15(4-5-20(28)30-3)22-18-7-10-25(11-8-21(29)32-25)24(18,2)14-19-26(22,23)31-19/h4-5,13,15,18-19,22H,6-12,14H2,1-3H3/b5-4+/t15?,18?,19-,22?,23-,24-,25+,26?/m0/s1. The van der Waals surface area contributed by atoms with Crippen LogP contribution < -0.4 is 0 Å². The Balaban J connectivity index is 1.46. The van der Waals surface area contributed by atoms with Crippen molar-refractivity contribution in [2.75, 3.05) is 7.11 Å². The highest BCUT2D eigenvalue weighted by Gasteiger charge is 2.82. The molecule has 2 heterocycles. The van der Waals surface area contributed by atoms with Crippen LogP contribution in [0.4, 0.5) is 0 Å². The second kappa shape index (κ2) is 6.34. The molecule has 0 N–H and O–H groups in total. The van der Waals surface area contributed by atoms with E-state index >= 15 is 0 Å². The van der Waals surface area contributed by atoms with E-state index in [2.05, 4.69) is 13.8 Å². The number of allylic oxidation sites excluding steroid dienone is 1. The van der Waals surface area contributed by atoms with Crippen molar-refractivity contribution in [2.24, 2.45) is 28.6 Å². The zero-order chi connectivity index (χ0) is 22.5. The number of epoxide rings is 1. The Morgan fingerprint density at radius 2 is 2.00 bits per heavy atom. The van der Waals surface area contributed by atoms with Crippen molar-refractivity contribution in [3.8, 4) is 0 Å². The van der Waals surface area contributed by atoms with Gasteiger partial charge in [0.1, 0.15) is 11.2 Å². The molecule has 6 rings (SSSR count). The first-order valence-corrected chi connectivity index (χ1v) is 12.1. The fraction of sp³-hybridized carbons (Fsp3) is 0.731. The molecule has 2 spiro atoms. The van der Waals surface area contributed by atoms with E-state index in [9.17, 15) is 14.4 Å². The maximum absolute atomic E-state index is 12.3. The van der Waals surface area contributed by atoms with Gasteiger partial charge in [-0.05, 0) is 56.4 Å². The summed E-state index contributed by atoms with van der Waals surface area (Å²) in [5.41, 5.74) is 0.198. The number of methoxy groups -OCH3 is 1. The van der Waals surface area contributed by atoms with Crippen LogP contribution in [0.3, 0.4) is 0 Å². The molecule has 0 aromatic heterocycles. The third-order valence-corrected chi connectivity index (χ3v) is 10.4. The molecule has 0 bridgehead atoms. The van der Waals surface area contributed by atoms with Crippen LogP contribution in [0.5, 0.6) is 0 Å². The number of ketones is 1. The van der Waals surface area contributed by atoms with Gasteiger partial charge >= 0.3 is 11.9 Å². The summed E-state index contributed by atoms with van der Waals surface area (Å²) in [6.07, 6.45) is 11.7. The Morgan fingerprint density at radius 1 is 1.19 bits per heavy atom. The summed E-state index contributed by atoms with van der Waals surface area (Å²) < 4.78 is 17.7. The lowest BCUT2D eigenvalue weighted by molar-refractivity contribution is -0.165. The van der Waals surface area contributed by atoms with Gasteiger partial charge in [-0.15, -0.1) is 0 Å². The van der Waals surface area contributed by atoms with Gasteiger partial charge in [-0.3, -0.25) is 9.59 Å². The molecule has 5 fully saturated rings. The number of hydrogen-bond donors (Lipinski definition) is 0. The highest BCUT2D eigenvalue weighted by Crippen LogP contribution is 2.78. The minimum Gasteiger partial charge on any atom is -0.466 e. The molecule has 6 heteroatoms. The van der Waals surface area contributed by atoms with Gasteiger partial charge < -0.3 is 14.2 Å². The van der Waals surface area contributed by atoms with Crippen LogP contribution in [0.15, 0.2) is 23.8 Å². The minimum absolute atomic E-state index is 0.0748. The van der Waals surface area contributed by atoms with Crippen molar-refractivity contribution >= 4 is 17.7 Å². The van der Waals surface area contributed by atoms with E-state index in [1.165, 1.54) is 18.8 Å². The van der Waals surface area contributed by atoms with Crippen molar-refractivity contribution < 1.29 is 28.6 Å². The predicted octanol–water partition coefficient (Wildman–Crippen LogP) is 3.68. The number of carbonyl (C=O) groups is 3. The number of ether oxygens (including phenoxy) is 3. The Hall–Kier alpha value is -1.95. The van der Waals surface area contributed by atoms with Gasteiger partial charge in [0.05, 0.1) is 13.2 Å². The zero-order valence-corrected chi connectivity index (χ0v) is 19.1. The molecule has 6 nitrogen and oxygen atoms in total. The maximum atomic E-state index is 12.3. The molecular formula is C26H32O6. The smallest absolute Gasteiger partial charge is 0.330 e. The number of rotatable bonds is 2. The van der Waals surface area contributed by atoms with Crippen molar-refractivity contribution in [3.63, 3.8) is 0 Å². The number of carbonyl (C=O) groups excluding carboxylic acids is 3. The fourth-order valence-corrected chi connectivity index (χ4v) is 8.82. The third-order valence-electron chi connectivity index (χ3n) is 10.4. The van der Waals surface area contributed by atoms with E-state index in [4.69, 9.17) is 14.2 Å². The van der Waals surface area contributed by atoms with Crippen molar-refractivity contribution in [1.29, 1.82) is 0 Å². The van der Waals surface area contributed by atoms with Crippen LogP contribution in [0.1, 0.15) is 65.2 Å². The Morgan fingerprint density at radius 3 is 2.72 bits per heavy atom. The largest absolute Gasteiger partial charge is 0.466 e. The lowest BCUT2D eigenvalue weighted by atomic mass is 9.43. The van der Waals surface area contributed by atoms with Gasteiger partial charge in [0, 0.05) is 35.7 Å². The molecule has 172 valence electrons. The highest BCUT2D eigenvalue weighted by molar-refractivity contribution is 5.92. The first-order valence-electron chi connectivity index (χ1n) is 12.1. The molecule has 32 heavy (non-hydrogen) atoms. The molecule has 0 aromatic rings. The molecule has 8 atom stereocenters. The monoisotopic (exact) mass is 440 g/mol. The molecule has 6 aliphatic rings. The first-order chi connectivity index (χ1) is 15.2.